The van der Waals surface area contributed by atoms with Crippen molar-refractivity contribution in [2.75, 3.05) is 12.4 Å². The number of carbonyl (C=O) groups is 1. The van der Waals surface area contributed by atoms with Crippen LogP contribution in [-0.4, -0.2) is 18.1 Å². The van der Waals surface area contributed by atoms with Crippen molar-refractivity contribution in [2.24, 2.45) is 0 Å². The Kier molecular flexibility index (Phi) is 4.24. The van der Waals surface area contributed by atoms with Crippen molar-refractivity contribution in [3.63, 3.8) is 0 Å². The van der Waals surface area contributed by atoms with E-state index in [1.54, 1.807) is 30.3 Å². The van der Waals surface area contributed by atoms with Crippen LogP contribution >= 0.6 is 15.9 Å². The summed E-state index contributed by atoms with van der Waals surface area (Å²) >= 11 is 3.13. The van der Waals surface area contributed by atoms with Gasteiger partial charge in [-0.05, 0) is 46.3 Å². The van der Waals surface area contributed by atoms with E-state index in [0.29, 0.717) is 21.7 Å². The van der Waals surface area contributed by atoms with E-state index in [0.717, 1.165) is 0 Å². The third-order valence-corrected chi connectivity index (χ3v) is 2.93. The Morgan fingerprint density at radius 3 is 2.79 bits per heavy atom. The standard InChI is InChI=1S/C13H12BrNO4/c1-18-10-3-2-9(6-8(10)7-16)15-13(17)11-4-5-12(14)19-11/h2-6,16H,7H2,1H3,(H,15,17). The first kappa shape index (κ1) is 13.6. The van der Waals surface area contributed by atoms with Gasteiger partial charge in [0.05, 0.1) is 13.7 Å². The van der Waals surface area contributed by atoms with Gasteiger partial charge in [0.1, 0.15) is 5.75 Å². The minimum absolute atomic E-state index is 0.167. The van der Waals surface area contributed by atoms with Gasteiger partial charge < -0.3 is 19.6 Å². The molecule has 2 aromatic rings. The molecule has 2 N–H and O–H groups in total. The Morgan fingerprint density at radius 2 is 2.21 bits per heavy atom. The molecule has 5 nitrogen and oxygen atoms in total. The molecule has 0 unspecified atom stereocenters. The maximum absolute atomic E-state index is 11.9. The number of hydrogen-bond acceptors (Lipinski definition) is 4. The zero-order valence-corrected chi connectivity index (χ0v) is 11.7. The summed E-state index contributed by atoms with van der Waals surface area (Å²) in [6.45, 7) is -0.167. The van der Waals surface area contributed by atoms with Gasteiger partial charge in [-0.25, -0.2) is 0 Å². The normalized spacial score (nSPS) is 10.3. The molecule has 1 aromatic carbocycles. The van der Waals surface area contributed by atoms with Crippen molar-refractivity contribution in [1.29, 1.82) is 0 Å². The zero-order chi connectivity index (χ0) is 13.8. The summed E-state index contributed by atoms with van der Waals surface area (Å²) < 4.78 is 10.7. The van der Waals surface area contributed by atoms with Gasteiger partial charge >= 0.3 is 0 Å². The Balaban J connectivity index is 2.17. The number of ether oxygens (including phenoxy) is 1. The summed E-state index contributed by atoms with van der Waals surface area (Å²) in [7, 11) is 1.52. The van der Waals surface area contributed by atoms with Gasteiger partial charge in [0.15, 0.2) is 10.4 Å². The molecule has 0 aliphatic rings. The smallest absolute Gasteiger partial charge is 0.291 e. The molecule has 6 heteroatoms. The quantitative estimate of drug-likeness (QED) is 0.906. The molecule has 100 valence electrons. The number of carbonyl (C=O) groups excluding carboxylic acids is 1. The number of hydrogen-bond donors (Lipinski definition) is 2. The fourth-order valence-electron chi connectivity index (χ4n) is 1.61. The minimum Gasteiger partial charge on any atom is -0.496 e. The van der Waals surface area contributed by atoms with Crippen LogP contribution in [0.15, 0.2) is 39.4 Å². The molecule has 1 heterocycles. The average Bonchev–Trinajstić information content (AvgIpc) is 2.85. The molecule has 0 aliphatic heterocycles. The van der Waals surface area contributed by atoms with E-state index < -0.39 is 0 Å². The highest BCUT2D eigenvalue weighted by Gasteiger charge is 2.11. The first-order chi connectivity index (χ1) is 9.13. The van der Waals surface area contributed by atoms with E-state index >= 15 is 0 Å². The Bertz CT molecular complexity index is 594. The molecule has 0 saturated carbocycles. The number of furan rings is 1. The van der Waals surface area contributed by atoms with Crippen molar-refractivity contribution in [3.05, 3.63) is 46.3 Å². The van der Waals surface area contributed by atoms with Crippen LogP contribution in [0.2, 0.25) is 0 Å². The number of nitrogens with one attached hydrogen (secondary N) is 1. The molecule has 0 fully saturated rings. The largest absolute Gasteiger partial charge is 0.496 e. The summed E-state index contributed by atoms with van der Waals surface area (Å²) in [5, 5.41) is 11.9. The second kappa shape index (κ2) is 5.90. The molecule has 0 spiro atoms. The molecule has 0 bridgehead atoms. The number of benzene rings is 1. The number of anilines is 1. The van der Waals surface area contributed by atoms with Gasteiger partial charge in [-0.1, -0.05) is 0 Å². The van der Waals surface area contributed by atoms with E-state index in [9.17, 15) is 9.90 Å². The molecular formula is C13H12BrNO4. The van der Waals surface area contributed by atoms with Gasteiger partial charge in [0.2, 0.25) is 0 Å². The number of methoxy groups -OCH3 is 1. The van der Waals surface area contributed by atoms with E-state index in [2.05, 4.69) is 21.2 Å². The summed E-state index contributed by atoms with van der Waals surface area (Å²) in [5.74, 6) is 0.411. The van der Waals surface area contributed by atoms with E-state index in [-0.39, 0.29) is 18.3 Å². The first-order valence-electron chi connectivity index (χ1n) is 5.48. The summed E-state index contributed by atoms with van der Waals surface area (Å²) in [6.07, 6.45) is 0. The fraction of sp³-hybridized carbons (Fsp3) is 0.154. The molecular weight excluding hydrogens is 314 g/mol. The maximum Gasteiger partial charge on any atom is 0.291 e. The zero-order valence-electron chi connectivity index (χ0n) is 10.1. The predicted octanol–water partition coefficient (Wildman–Crippen LogP) is 2.80. The van der Waals surface area contributed by atoms with Gasteiger partial charge in [0.25, 0.3) is 5.91 Å². The lowest BCUT2D eigenvalue weighted by Crippen LogP contribution is -2.11. The van der Waals surface area contributed by atoms with Crippen LogP contribution in [0.25, 0.3) is 0 Å². The van der Waals surface area contributed by atoms with Crippen LogP contribution < -0.4 is 10.1 Å². The first-order valence-corrected chi connectivity index (χ1v) is 6.28. The Hall–Kier alpha value is -1.79. The molecule has 2 rings (SSSR count). The van der Waals surface area contributed by atoms with Crippen LogP contribution in [0.5, 0.6) is 5.75 Å². The van der Waals surface area contributed by atoms with Crippen molar-refractivity contribution in [3.8, 4) is 5.75 Å². The number of rotatable bonds is 4. The lowest BCUT2D eigenvalue weighted by Gasteiger charge is -2.09. The highest BCUT2D eigenvalue weighted by atomic mass is 79.9. The second-order valence-corrected chi connectivity index (χ2v) is 4.52. The molecule has 1 aromatic heterocycles. The summed E-state index contributed by atoms with van der Waals surface area (Å²) in [6, 6.07) is 8.22. The number of halogens is 1. The fourth-order valence-corrected chi connectivity index (χ4v) is 1.92. The summed E-state index contributed by atoms with van der Waals surface area (Å²) in [4.78, 5) is 11.9. The minimum atomic E-state index is -0.361. The topological polar surface area (TPSA) is 71.7 Å². The Labute approximate surface area is 118 Å². The predicted molar refractivity (Wildman–Crippen MR) is 73.3 cm³/mol. The maximum atomic E-state index is 11.9. The second-order valence-electron chi connectivity index (χ2n) is 3.74. The third kappa shape index (κ3) is 3.15. The average molecular weight is 326 g/mol. The molecule has 19 heavy (non-hydrogen) atoms. The van der Waals surface area contributed by atoms with Crippen LogP contribution in [-0.2, 0) is 6.61 Å². The van der Waals surface area contributed by atoms with Crippen molar-refractivity contribution in [1.82, 2.24) is 0 Å². The van der Waals surface area contributed by atoms with Crippen LogP contribution in [0.4, 0.5) is 5.69 Å². The van der Waals surface area contributed by atoms with E-state index in [1.807, 2.05) is 0 Å². The van der Waals surface area contributed by atoms with Gasteiger partial charge in [-0.15, -0.1) is 0 Å². The SMILES string of the molecule is COc1ccc(NC(=O)c2ccc(Br)o2)cc1CO. The van der Waals surface area contributed by atoms with Crippen molar-refractivity contribution >= 4 is 27.5 Å². The number of aliphatic hydroxyl groups excluding tert-OH is 1. The number of aliphatic hydroxyl groups is 1. The van der Waals surface area contributed by atoms with Crippen LogP contribution in [0.3, 0.4) is 0 Å². The van der Waals surface area contributed by atoms with Gasteiger partial charge in [0, 0.05) is 11.3 Å². The Morgan fingerprint density at radius 1 is 1.42 bits per heavy atom. The highest BCUT2D eigenvalue weighted by molar-refractivity contribution is 9.10. The molecule has 0 aliphatic carbocycles. The lowest BCUT2D eigenvalue weighted by atomic mass is 10.2. The van der Waals surface area contributed by atoms with Gasteiger partial charge in [-0.2, -0.15) is 0 Å². The van der Waals surface area contributed by atoms with Crippen molar-refractivity contribution in [2.45, 2.75) is 6.61 Å². The highest BCUT2D eigenvalue weighted by Crippen LogP contribution is 2.23. The van der Waals surface area contributed by atoms with Crippen LogP contribution in [0.1, 0.15) is 16.1 Å². The molecule has 0 atom stereocenters. The lowest BCUT2D eigenvalue weighted by molar-refractivity contribution is 0.0995. The van der Waals surface area contributed by atoms with E-state index in [1.165, 1.54) is 7.11 Å². The van der Waals surface area contributed by atoms with Crippen LogP contribution in [0, 0.1) is 0 Å². The summed E-state index contributed by atoms with van der Waals surface area (Å²) in [5.41, 5.74) is 1.16. The van der Waals surface area contributed by atoms with Crippen molar-refractivity contribution < 1.29 is 19.1 Å². The molecule has 1 amide bonds. The third-order valence-electron chi connectivity index (χ3n) is 2.51. The monoisotopic (exact) mass is 325 g/mol. The molecule has 0 radical (unpaired) electrons. The number of amides is 1. The van der Waals surface area contributed by atoms with E-state index in [4.69, 9.17) is 9.15 Å². The van der Waals surface area contributed by atoms with Gasteiger partial charge in [-0.3, -0.25) is 4.79 Å². The molecule has 0 saturated heterocycles.